The number of rotatable bonds is 4. The lowest BCUT2D eigenvalue weighted by Crippen LogP contribution is -2.47. The molecule has 1 aromatic heterocycles. The van der Waals surface area contributed by atoms with Crippen LogP contribution in [-0.2, 0) is 24.3 Å². The van der Waals surface area contributed by atoms with Crippen molar-refractivity contribution >= 4 is 33.2 Å². The molecule has 0 bridgehead atoms. The Kier molecular flexibility index (Phi) is 6.73. The summed E-state index contributed by atoms with van der Waals surface area (Å²) in [4.78, 5) is 28.8. The summed E-state index contributed by atoms with van der Waals surface area (Å²) in [5, 5.41) is 1.61. The van der Waals surface area contributed by atoms with Gasteiger partial charge in [-0.05, 0) is 18.9 Å². The molecule has 3 saturated heterocycles. The maximum atomic E-state index is 13.1. The van der Waals surface area contributed by atoms with E-state index < -0.39 is 10.0 Å². The predicted octanol–water partition coefficient (Wildman–Crippen LogP) is 0.480. The summed E-state index contributed by atoms with van der Waals surface area (Å²) in [6, 6.07) is 1.47. The minimum atomic E-state index is -3.67. The largest absolute Gasteiger partial charge is 0.378 e. The third kappa shape index (κ3) is 4.54. The molecule has 3 aliphatic heterocycles. The topological polar surface area (TPSA) is 96.5 Å². The zero-order valence-corrected chi connectivity index (χ0v) is 18.5. The van der Waals surface area contributed by atoms with Crippen LogP contribution >= 0.6 is 11.3 Å². The Labute approximate surface area is 180 Å². The Morgan fingerprint density at radius 3 is 2.07 bits per heavy atom. The van der Waals surface area contributed by atoms with Crippen molar-refractivity contribution in [1.82, 2.24) is 14.1 Å². The molecule has 4 heterocycles. The second-order valence-electron chi connectivity index (χ2n) is 7.68. The van der Waals surface area contributed by atoms with Crippen molar-refractivity contribution < 1.29 is 27.5 Å². The highest BCUT2D eigenvalue weighted by molar-refractivity contribution is 7.91. The maximum absolute atomic E-state index is 13.1. The van der Waals surface area contributed by atoms with Gasteiger partial charge in [-0.2, -0.15) is 4.31 Å². The molecule has 4 rings (SSSR count). The first-order chi connectivity index (χ1) is 14.5. The number of carbonyl (C=O) groups is 2. The Morgan fingerprint density at radius 2 is 1.47 bits per heavy atom. The number of amides is 2. The molecule has 30 heavy (non-hydrogen) atoms. The van der Waals surface area contributed by atoms with E-state index in [9.17, 15) is 18.0 Å². The van der Waals surface area contributed by atoms with Gasteiger partial charge in [-0.25, -0.2) is 8.42 Å². The highest BCUT2D eigenvalue weighted by atomic mass is 32.2. The molecule has 0 saturated carbocycles. The zero-order chi connectivity index (χ0) is 21.1. The van der Waals surface area contributed by atoms with Gasteiger partial charge in [0.25, 0.3) is 15.9 Å². The number of sulfonamides is 1. The minimum absolute atomic E-state index is 0.102. The number of thiophene rings is 1. The van der Waals surface area contributed by atoms with E-state index in [0.717, 1.165) is 11.3 Å². The molecule has 0 unspecified atom stereocenters. The molecule has 0 radical (unpaired) electrons. The van der Waals surface area contributed by atoms with Crippen molar-refractivity contribution in [2.24, 2.45) is 5.92 Å². The van der Waals surface area contributed by atoms with E-state index in [0.29, 0.717) is 84.1 Å². The highest BCUT2D eigenvalue weighted by Crippen LogP contribution is 2.29. The van der Waals surface area contributed by atoms with Crippen molar-refractivity contribution in [3.05, 3.63) is 17.0 Å². The molecule has 166 valence electrons. The average molecular weight is 458 g/mol. The first-order valence-corrected chi connectivity index (χ1v) is 12.6. The molecule has 3 fully saturated rings. The summed E-state index contributed by atoms with van der Waals surface area (Å²) in [7, 11) is -3.67. The molecular formula is C19H27N3O6S2. The lowest BCUT2D eigenvalue weighted by molar-refractivity contribution is -0.140. The molecule has 0 N–H and O–H groups in total. The van der Waals surface area contributed by atoms with Gasteiger partial charge in [-0.3, -0.25) is 9.59 Å². The number of piperidine rings is 1. The van der Waals surface area contributed by atoms with Gasteiger partial charge < -0.3 is 19.3 Å². The van der Waals surface area contributed by atoms with Gasteiger partial charge in [0.1, 0.15) is 4.21 Å². The first kappa shape index (κ1) is 21.7. The quantitative estimate of drug-likeness (QED) is 0.653. The van der Waals surface area contributed by atoms with Crippen molar-refractivity contribution in [1.29, 1.82) is 0 Å². The second-order valence-corrected chi connectivity index (χ2v) is 10.8. The number of morpholine rings is 2. The van der Waals surface area contributed by atoms with Gasteiger partial charge in [0.05, 0.1) is 32.0 Å². The van der Waals surface area contributed by atoms with E-state index >= 15 is 0 Å². The van der Waals surface area contributed by atoms with Gasteiger partial charge in [0, 0.05) is 50.6 Å². The third-order valence-corrected chi connectivity index (χ3v) is 9.15. The number of carbonyl (C=O) groups excluding carboxylic acids is 2. The molecule has 3 aliphatic rings. The Balaban J connectivity index is 1.37. The third-order valence-electron chi connectivity index (χ3n) is 5.84. The van der Waals surface area contributed by atoms with E-state index in [4.69, 9.17) is 9.47 Å². The molecule has 11 heteroatoms. The Hall–Kier alpha value is -1.53. The van der Waals surface area contributed by atoms with Gasteiger partial charge in [0.15, 0.2) is 0 Å². The number of nitrogens with zero attached hydrogens (tertiary/aromatic N) is 3. The van der Waals surface area contributed by atoms with Crippen molar-refractivity contribution in [2.45, 2.75) is 17.1 Å². The van der Waals surface area contributed by atoms with Gasteiger partial charge in [0.2, 0.25) is 5.91 Å². The Bertz CT molecular complexity index is 867. The van der Waals surface area contributed by atoms with Crippen molar-refractivity contribution in [3.63, 3.8) is 0 Å². The predicted molar refractivity (Wildman–Crippen MR) is 110 cm³/mol. The van der Waals surface area contributed by atoms with Crippen LogP contribution in [0.3, 0.4) is 0 Å². The molecule has 2 amide bonds. The summed E-state index contributed by atoms with van der Waals surface area (Å²) >= 11 is 1.07. The summed E-state index contributed by atoms with van der Waals surface area (Å²) in [6.07, 6.45) is 1.03. The monoisotopic (exact) mass is 457 g/mol. The zero-order valence-electron chi connectivity index (χ0n) is 16.8. The van der Waals surface area contributed by atoms with Gasteiger partial charge in [-0.1, -0.05) is 0 Å². The average Bonchev–Trinajstić information content (AvgIpc) is 3.30. The minimum Gasteiger partial charge on any atom is -0.378 e. The first-order valence-electron chi connectivity index (χ1n) is 10.3. The van der Waals surface area contributed by atoms with E-state index in [1.807, 2.05) is 4.90 Å². The van der Waals surface area contributed by atoms with Crippen molar-refractivity contribution in [2.75, 3.05) is 65.7 Å². The van der Waals surface area contributed by atoms with Crippen LogP contribution in [0.1, 0.15) is 23.2 Å². The van der Waals surface area contributed by atoms with Crippen LogP contribution in [0.15, 0.2) is 15.7 Å². The maximum Gasteiger partial charge on any atom is 0.254 e. The van der Waals surface area contributed by atoms with Crippen LogP contribution in [0, 0.1) is 5.92 Å². The SMILES string of the molecule is O=C(c1csc(S(=O)(=O)N2CCC(C(=O)N3CCOCC3)CC2)c1)N1CCOCC1. The van der Waals surface area contributed by atoms with E-state index in [1.165, 1.54) is 10.4 Å². The Morgan fingerprint density at radius 1 is 0.900 bits per heavy atom. The van der Waals surface area contributed by atoms with Gasteiger partial charge in [-0.15, -0.1) is 11.3 Å². The van der Waals surface area contributed by atoms with Crippen molar-refractivity contribution in [3.8, 4) is 0 Å². The lowest BCUT2D eigenvalue weighted by atomic mass is 9.96. The number of hydrogen-bond acceptors (Lipinski definition) is 7. The molecular weight excluding hydrogens is 430 g/mol. The van der Waals surface area contributed by atoms with Gasteiger partial charge >= 0.3 is 0 Å². The molecule has 0 spiro atoms. The van der Waals surface area contributed by atoms with Crippen LogP contribution in [0.25, 0.3) is 0 Å². The van der Waals surface area contributed by atoms with E-state index in [2.05, 4.69) is 0 Å². The molecule has 0 atom stereocenters. The van der Waals surface area contributed by atoms with Crippen LogP contribution < -0.4 is 0 Å². The van der Waals surface area contributed by atoms with E-state index in [-0.39, 0.29) is 21.9 Å². The summed E-state index contributed by atoms with van der Waals surface area (Å²) in [5.41, 5.74) is 0.401. The fourth-order valence-corrected chi connectivity index (χ4v) is 6.80. The second kappa shape index (κ2) is 9.31. The fourth-order valence-electron chi connectivity index (χ4n) is 4.03. The number of ether oxygens (including phenoxy) is 2. The fraction of sp³-hybridized carbons (Fsp3) is 0.684. The molecule has 1 aromatic rings. The van der Waals surface area contributed by atoms with Crippen LogP contribution in [-0.4, -0.2) is 100 Å². The normalized spacial score (nSPS) is 22.3. The molecule has 0 aromatic carbocycles. The number of hydrogen-bond donors (Lipinski definition) is 0. The van der Waals surface area contributed by atoms with Crippen LogP contribution in [0.2, 0.25) is 0 Å². The molecule has 9 nitrogen and oxygen atoms in total. The smallest absolute Gasteiger partial charge is 0.254 e. The van der Waals surface area contributed by atoms with Crippen LogP contribution in [0.5, 0.6) is 0 Å². The van der Waals surface area contributed by atoms with Crippen LogP contribution in [0.4, 0.5) is 0 Å². The standard InChI is InChI=1S/C19H27N3O6S2/c23-18(20-5-9-27-10-6-20)15-1-3-22(4-2-15)30(25,26)17-13-16(14-29-17)19(24)21-7-11-28-12-8-21/h13-15H,1-12H2. The lowest BCUT2D eigenvalue weighted by Gasteiger charge is -2.34. The van der Waals surface area contributed by atoms with E-state index in [1.54, 1.807) is 10.3 Å². The highest BCUT2D eigenvalue weighted by Gasteiger charge is 2.35. The summed E-state index contributed by atoms with van der Waals surface area (Å²) < 4.78 is 38.3. The summed E-state index contributed by atoms with van der Waals surface area (Å²) in [6.45, 7) is 4.98. The molecule has 0 aliphatic carbocycles. The summed E-state index contributed by atoms with van der Waals surface area (Å²) in [5.74, 6) is -0.202.